The van der Waals surface area contributed by atoms with E-state index in [2.05, 4.69) is 13.0 Å². The normalized spacial score (nSPS) is 14.8. The Hall–Kier alpha value is 0.0900. The van der Waals surface area contributed by atoms with E-state index in [9.17, 15) is 0 Å². The standard InChI is InChI=1S/C6H10S.2C2H6/c1-6-2-4-7-5-3-6;2*1-2/h2H,3-5H2,1H3;2*1-2H3. The molecule has 0 aromatic rings. The van der Waals surface area contributed by atoms with Crippen LogP contribution in [0.4, 0.5) is 0 Å². The summed E-state index contributed by atoms with van der Waals surface area (Å²) in [6.07, 6.45) is 3.62. The average Bonchev–Trinajstić information content (AvgIpc) is 2.13. The molecule has 0 saturated carbocycles. The molecular weight excluding hydrogens is 152 g/mol. The Morgan fingerprint density at radius 3 is 1.91 bits per heavy atom. The van der Waals surface area contributed by atoms with E-state index in [0.29, 0.717) is 0 Å². The van der Waals surface area contributed by atoms with Gasteiger partial charge in [0.05, 0.1) is 0 Å². The molecule has 1 aliphatic rings. The van der Waals surface area contributed by atoms with Crippen molar-refractivity contribution in [3.8, 4) is 0 Å². The van der Waals surface area contributed by atoms with Crippen molar-refractivity contribution in [3.05, 3.63) is 11.6 Å². The van der Waals surface area contributed by atoms with Crippen molar-refractivity contribution in [2.24, 2.45) is 0 Å². The van der Waals surface area contributed by atoms with E-state index in [-0.39, 0.29) is 0 Å². The largest absolute Gasteiger partial charge is 0.158 e. The van der Waals surface area contributed by atoms with Gasteiger partial charge in [0.2, 0.25) is 0 Å². The molecule has 0 atom stereocenters. The summed E-state index contributed by atoms with van der Waals surface area (Å²) in [6.45, 7) is 10.2. The summed E-state index contributed by atoms with van der Waals surface area (Å²) in [5, 5.41) is 0. The fourth-order valence-electron chi connectivity index (χ4n) is 0.620. The molecule has 1 heteroatoms. The topological polar surface area (TPSA) is 0 Å². The summed E-state index contributed by atoms with van der Waals surface area (Å²) < 4.78 is 0. The highest BCUT2D eigenvalue weighted by molar-refractivity contribution is 7.99. The van der Waals surface area contributed by atoms with Crippen LogP contribution in [-0.4, -0.2) is 11.5 Å². The van der Waals surface area contributed by atoms with Gasteiger partial charge >= 0.3 is 0 Å². The molecule has 0 spiro atoms. The zero-order valence-electron chi connectivity index (χ0n) is 8.61. The summed E-state index contributed by atoms with van der Waals surface area (Å²) >= 11 is 2.02. The van der Waals surface area contributed by atoms with Gasteiger partial charge in [-0.1, -0.05) is 39.3 Å². The molecule has 0 unspecified atom stereocenters. The third kappa shape index (κ3) is 10.1. The lowest BCUT2D eigenvalue weighted by atomic mass is 10.2. The van der Waals surface area contributed by atoms with E-state index >= 15 is 0 Å². The van der Waals surface area contributed by atoms with Gasteiger partial charge in [0, 0.05) is 5.75 Å². The highest BCUT2D eigenvalue weighted by atomic mass is 32.2. The van der Waals surface area contributed by atoms with Gasteiger partial charge in [0.1, 0.15) is 0 Å². The maximum absolute atomic E-state index is 2.31. The monoisotopic (exact) mass is 174 g/mol. The summed E-state index contributed by atoms with van der Waals surface area (Å²) in [7, 11) is 0. The molecule has 0 bridgehead atoms. The third-order valence-electron chi connectivity index (χ3n) is 1.19. The van der Waals surface area contributed by atoms with Gasteiger partial charge in [-0.15, -0.1) is 0 Å². The molecule has 68 valence electrons. The molecule has 0 saturated heterocycles. The van der Waals surface area contributed by atoms with Crippen molar-refractivity contribution in [3.63, 3.8) is 0 Å². The van der Waals surface area contributed by atoms with Crippen molar-refractivity contribution in [2.45, 2.75) is 41.0 Å². The quantitative estimate of drug-likeness (QED) is 0.498. The molecule has 0 aromatic heterocycles. The first kappa shape index (κ1) is 13.7. The zero-order chi connectivity index (χ0) is 9.11. The van der Waals surface area contributed by atoms with Crippen LogP contribution in [0.5, 0.6) is 0 Å². The van der Waals surface area contributed by atoms with Gasteiger partial charge in [-0.05, 0) is 19.1 Å². The Labute approximate surface area is 76.5 Å². The highest BCUT2D eigenvalue weighted by Crippen LogP contribution is 2.15. The Morgan fingerprint density at radius 1 is 1.18 bits per heavy atom. The van der Waals surface area contributed by atoms with Crippen molar-refractivity contribution in [1.82, 2.24) is 0 Å². The first-order valence-corrected chi connectivity index (χ1v) is 5.78. The van der Waals surface area contributed by atoms with Crippen LogP contribution in [0.2, 0.25) is 0 Å². The Bertz CT molecular complexity index is 84.9. The average molecular weight is 174 g/mol. The molecule has 1 heterocycles. The van der Waals surface area contributed by atoms with Gasteiger partial charge in [0.25, 0.3) is 0 Å². The minimum absolute atomic E-state index is 1.24. The predicted molar refractivity (Wildman–Crippen MR) is 58.4 cm³/mol. The first-order chi connectivity index (χ1) is 5.39. The van der Waals surface area contributed by atoms with Crippen LogP contribution in [0, 0.1) is 0 Å². The van der Waals surface area contributed by atoms with Crippen LogP contribution in [0.15, 0.2) is 11.6 Å². The SMILES string of the molecule is CC.CC.CC1=CCSCC1. The first-order valence-electron chi connectivity index (χ1n) is 4.63. The second-order valence-electron chi connectivity index (χ2n) is 1.88. The molecular formula is C10H22S. The molecule has 11 heavy (non-hydrogen) atoms. The summed E-state index contributed by atoms with van der Waals surface area (Å²) in [5.41, 5.74) is 1.57. The van der Waals surface area contributed by atoms with E-state index in [4.69, 9.17) is 0 Å². The molecule has 0 fully saturated rings. The van der Waals surface area contributed by atoms with E-state index < -0.39 is 0 Å². The number of thioether (sulfide) groups is 1. The maximum Gasteiger partial charge on any atom is 0.0115 e. The Balaban J connectivity index is 0. The van der Waals surface area contributed by atoms with Gasteiger partial charge in [-0.3, -0.25) is 0 Å². The Morgan fingerprint density at radius 2 is 1.73 bits per heavy atom. The lowest BCUT2D eigenvalue weighted by molar-refractivity contribution is 1.09. The van der Waals surface area contributed by atoms with E-state index in [1.807, 2.05) is 39.5 Å². The molecule has 1 rings (SSSR count). The van der Waals surface area contributed by atoms with Gasteiger partial charge < -0.3 is 0 Å². The van der Waals surface area contributed by atoms with Crippen LogP contribution >= 0.6 is 11.8 Å². The molecule has 0 N–H and O–H groups in total. The number of rotatable bonds is 0. The fraction of sp³-hybridized carbons (Fsp3) is 0.800. The maximum atomic E-state index is 2.31. The number of hydrogen-bond donors (Lipinski definition) is 0. The second kappa shape index (κ2) is 12.7. The van der Waals surface area contributed by atoms with Crippen LogP contribution in [0.25, 0.3) is 0 Å². The molecule has 0 radical (unpaired) electrons. The van der Waals surface area contributed by atoms with Gasteiger partial charge in [0.15, 0.2) is 0 Å². The van der Waals surface area contributed by atoms with Crippen LogP contribution in [0.1, 0.15) is 41.0 Å². The van der Waals surface area contributed by atoms with E-state index in [1.165, 1.54) is 17.9 Å². The van der Waals surface area contributed by atoms with Crippen molar-refractivity contribution in [1.29, 1.82) is 0 Å². The molecule has 0 nitrogen and oxygen atoms in total. The zero-order valence-corrected chi connectivity index (χ0v) is 9.42. The van der Waals surface area contributed by atoms with Crippen molar-refractivity contribution < 1.29 is 0 Å². The van der Waals surface area contributed by atoms with Gasteiger partial charge in [-0.2, -0.15) is 11.8 Å². The van der Waals surface area contributed by atoms with Crippen LogP contribution in [0.3, 0.4) is 0 Å². The summed E-state index contributed by atoms with van der Waals surface area (Å²) in [5.74, 6) is 2.58. The lowest BCUT2D eigenvalue weighted by Crippen LogP contribution is -1.90. The smallest absolute Gasteiger partial charge is 0.0115 e. The molecule has 1 aliphatic heterocycles. The van der Waals surface area contributed by atoms with Crippen molar-refractivity contribution in [2.75, 3.05) is 11.5 Å². The molecule has 0 amide bonds. The second-order valence-corrected chi connectivity index (χ2v) is 3.03. The summed E-state index contributed by atoms with van der Waals surface area (Å²) in [4.78, 5) is 0. The molecule has 0 aliphatic carbocycles. The van der Waals surface area contributed by atoms with E-state index in [0.717, 1.165) is 0 Å². The van der Waals surface area contributed by atoms with Crippen LogP contribution in [-0.2, 0) is 0 Å². The Kier molecular flexibility index (Phi) is 15.8. The van der Waals surface area contributed by atoms with E-state index in [1.54, 1.807) is 5.57 Å². The number of hydrogen-bond acceptors (Lipinski definition) is 1. The van der Waals surface area contributed by atoms with Crippen LogP contribution < -0.4 is 0 Å². The predicted octanol–water partition coefficient (Wildman–Crippen LogP) is 4.12. The van der Waals surface area contributed by atoms with Crippen molar-refractivity contribution >= 4 is 11.8 Å². The minimum Gasteiger partial charge on any atom is -0.158 e. The lowest BCUT2D eigenvalue weighted by Gasteiger charge is -2.05. The van der Waals surface area contributed by atoms with Gasteiger partial charge in [-0.25, -0.2) is 0 Å². The minimum atomic E-state index is 1.24. The highest BCUT2D eigenvalue weighted by Gasteiger charge is 1.95. The number of allylic oxidation sites excluding steroid dienone is 1. The fourth-order valence-corrected chi connectivity index (χ4v) is 1.66. The summed E-state index contributed by atoms with van der Waals surface area (Å²) in [6, 6.07) is 0. The molecule has 0 aromatic carbocycles. The third-order valence-corrected chi connectivity index (χ3v) is 2.09.